The van der Waals surface area contributed by atoms with Crippen molar-refractivity contribution in [1.82, 2.24) is 4.90 Å². The molecule has 1 aliphatic heterocycles. The number of carbonyl (C=O) groups excluding carboxylic acids is 1. The van der Waals surface area contributed by atoms with Gasteiger partial charge in [0.1, 0.15) is 23.3 Å². The summed E-state index contributed by atoms with van der Waals surface area (Å²) in [4.78, 5) is 14.2. The number of ether oxygens (including phenoxy) is 2. The second-order valence-corrected chi connectivity index (χ2v) is 5.22. The summed E-state index contributed by atoms with van der Waals surface area (Å²) in [5.41, 5.74) is 0.770. The summed E-state index contributed by atoms with van der Waals surface area (Å²) in [7, 11) is 3.17. The van der Waals surface area contributed by atoms with Crippen molar-refractivity contribution in [3.63, 3.8) is 0 Å². The van der Waals surface area contributed by atoms with E-state index in [-0.39, 0.29) is 18.5 Å². The summed E-state index contributed by atoms with van der Waals surface area (Å²) in [5, 5.41) is 0. The van der Waals surface area contributed by atoms with Crippen molar-refractivity contribution in [2.45, 2.75) is 12.0 Å². The molecule has 1 amide bonds. The van der Waals surface area contributed by atoms with Crippen LogP contribution in [0.15, 0.2) is 41.0 Å². The molecule has 0 spiro atoms. The Balaban J connectivity index is 2.04. The van der Waals surface area contributed by atoms with Crippen LogP contribution in [0.3, 0.4) is 0 Å². The fourth-order valence-electron chi connectivity index (χ4n) is 2.99. The molecule has 3 rings (SSSR count). The standard InChI is InChI=1S/C18H17NO4/c1-4-9-19-17(15-6-5-10-23-15)16(18(19)20)13-11-12(21-2)7-8-14(13)22-3/h1,5-8,10-11,16-17H,9H2,2-3H3/t16-,17-/m0/s1. The number of furan rings is 1. The largest absolute Gasteiger partial charge is 0.497 e. The van der Waals surface area contributed by atoms with E-state index in [1.807, 2.05) is 12.1 Å². The van der Waals surface area contributed by atoms with Gasteiger partial charge in [0.15, 0.2) is 0 Å². The zero-order valence-corrected chi connectivity index (χ0v) is 13.0. The minimum absolute atomic E-state index is 0.0455. The first-order valence-electron chi connectivity index (χ1n) is 7.20. The van der Waals surface area contributed by atoms with E-state index in [1.54, 1.807) is 43.6 Å². The molecule has 0 aliphatic carbocycles. The van der Waals surface area contributed by atoms with E-state index in [0.29, 0.717) is 17.3 Å². The predicted octanol–water partition coefficient (Wildman–Crippen LogP) is 2.60. The lowest BCUT2D eigenvalue weighted by Gasteiger charge is -2.45. The molecule has 2 heterocycles. The normalized spacial score (nSPS) is 19.9. The third kappa shape index (κ3) is 2.42. The Hall–Kier alpha value is -2.87. The number of terminal acetylenes is 1. The molecular weight excluding hydrogens is 294 g/mol. The van der Waals surface area contributed by atoms with Crippen LogP contribution in [0.25, 0.3) is 0 Å². The van der Waals surface area contributed by atoms with Gasteiger partial charge in [0.25, 0.3) is 0 Å². The van der Waals surface area contributed by atoms with Crippen molar-refractivity contribution in [1.29, 1.82) is 0 Å². The Kier molecular flexibility index (Phi) is 3.98. The Morgan fingerprint density at radius 3 is 2.74 bits per heavy atom. The molecule has 1 aromatic heterocycles. The zero-order chi connectivity index (χ0) is 16.4. The van der Waals surface area contributed by atoms with Crippen LogP contribution in [0.5, 0.6) is 11.5 Å². The van der Waals surface area contributed by atoms with Crippen molar-refractivity contribution in [2.75, 3.05) is 20.8 Å². The highest BCUT2D eigenvalue weighted by atomic mass is 16.5. The van der Waals surface area contributed by atoms with Crippen LogP contribution < -0.4 is 9.47 Å². The maximum atomic E-state index is 12.6. The Labute approximate surface area is 134 Å². The van der Waals surface area contributed by atoms with Gasteiger partial charge in [-0.3, -0.25) is 4.79 Å². The Morgan fingerprint density at radius 2 is 2.13 bits per heavy atom. The van der Waals surface area contributed by atoms with Gasteiger partial charge in [0, 0.05) is 5.56 Å². The fourth-order valence-corrected chi connectivity index (χ4v) is 2.99. The quantitative estimate of drug-likeness (QED) is 0.629. The molecule has 0 saturated carbocycles. The van der Waals surface area contributed by atoms with Crippen molar-refractivity contribution in [3.8, 4) is 23.8 Å². The summed E-state index contributed by atoms with van der Waals surface area (Å²) in [6, 6.07) is 8.82. The number of likely N-dealkylation sites (tertiary alicyclic amines) is 1. The monoisotopic (exact) mass is 311 g/mol. The van der Waals surface area contributed by atoms with E-state index >= 15 is 0 Å². The number of methoxy groups -OCH3 is 2. The van der Waals surface area contributed by atoms with Crippen molar-refractivity contribution in [2.24, 2.45) is 0 Å². The SMILES string of the molecule is C#CCN1C(=O)[C@@H](c2cc(OC)ccc2OC)[C@@H]1c1ccco1. The smallest absolute Gasteiger partial charge is 0.234 e. The van der Waals surface area contributed by atoms with E-state index in [9.17, 15) is 4.79 Å². The van der Waals surface area contributed by atoms with E-state index in [0.717, 1.165) is 5.56 Å². The molecule has 118 valence electrons. The number of hydrogen-bond acceptors (Lipinski definition) is 4. The topological polar surface area (TPSA) is 51.9 Å². The molecule has 1 saturated heterocycles. The fraction of sp³-hybridized carbons (Fsp3) is 0.278. The first-order chi connectivity index (χ1) is 11.2. The van der Waals surface area contributed by atoms with Crippen molar-refractivity contribution >= 4 is 5.91 Å². The van der Waals surface area contributed by atoms with Gasteiger partial charge in [-0.15, -0.1) is 6.42 Å². The molecule has 1 aromatic carbocycles. The molecule has 0 N–H and O–H groups in total. The van der Waals surface area contributed by atoms with Gasteiger partial charge >= 0.3 is 0 Å². The molecule has 2 atom stereocenters. The molecule has 5 nitrogen and oxygen atoms in total. The van der Waals surface area contributed by atoms with Crippen molar-refractivity contribution in [3.05, 3.63) is 47.9 Å². The molecule has 0 unspecified atom stereocenters. The maximum Gasteiger partial charge on any atom is 0.234 e. The van der Waals surface area contributed by atoms with E-state index < -0.39 is 5.92 Å². The molecule has 1 fully saturated rings. The second-order valence-electron chi connectivity index (χ2n) is 5.22. The third-order valence-corrected chi connectivity index (χ3v) is 4.07. The van der Waals surface area contributed by atoms with Crippen LogP contribution in [0.1, 0.15) is 23.3 Å². The number of hydrogen-bond donors (Lipinski definition) is 0. The van der Waals surface area contributed by atoms with Gasteiger partial charge in [-0.1, -0.05) is 5.92 Å². The average molecular weight is 311 g/mol. The molecule has 5 heteroatoms. The molecule has 0 bridgehead atoms. The highest BCUT2D eigenvalue weighted by Crippen LogP contribution is 2.49. The predicted molar refractivity (Wildman–Crippen MR) is 84.3 cm³/mol. The number of benzene rings is 1. The van der Waals surface area contributed by atoms with Gasteiger partial charge in [-0.25, -0.2) is 0 Å². The summed E-state index contributed by atoms with van der Waals surface area (Å²) < 4.78 is 16.2. The first kappa shape index (κ1) is 15.0. The second kappa shape index (κ2) is 6.09. The van der Waals surface area contributed by atoms with Crippen LogP contribution in [-0.4, -0.2) is 31.6 Å². The van der Waals surface area contributed by atoms with E-state index in [4.69, 9.17) is 20.3 Å². The molecular formula is C18H17NO4. The number of rotatable bonds is 5. The van der Waals surface area contributed by atoms with E-state index in [1.165, 1.54) is 0 Å². The van der Waals surface area contributed by atoms with Gasteiger partial charge in [0.05, 0.1) is 32.9 Å². The van der Waals surface area contributed by atoms with Gasteiger partial charge in [-0.05, 0) is 30.3 Å². The summed E-state index contributed by atoms with van der Waals surface area (Å²) in [6.45, 7) is 0.243. The summed E-state index contributed by atoms with van der Waals surface area (Å²) in [6.07, 6.45) is 6.97. The number of amides is 1. The van der Waals surface area contributed by atoms with Gasteiger partial charge in [-0.2, -0.15) is 0 Å². The third-order valence-electron chi connectivity index (χ3n) is 4.07. The van der Waals surface area contributed by atoms with Crippen molar-refractivity contribution < 1.29 is 18.7 Å². The zero-order valence-electron chi connectivity index (χ0n) is 13.0. The van der Waals surface area contributed by atoms with E-state index in [2.05, 4.69) is 5.92 Å². The lowest BCUT2D eigenvalue weighted by atomic mass is 9.79. The number of nitrogens with zero attached hydrogens (tertiary/aromatic N) is 1. The van der Waals surface area contributed by atoms with Gasteiger partial charge < -0.3 is 18.8 Å². The summed E-state index contributed by atoms with van der Waals surface area (Å²) in [5.74, 6) is 4.09. The minimum Gasteiger partial charge on any atom is -0.497 e. The molecule has 0 radical (unpaired) electrons. The van der Waals surface area contributed by atoms with Gasteiger partial charge in [0.2, 0.25) is 5.91 Å². The molecule has 1 aliphatic rings. The number of β-lactam (4-membered cyclic amide) rings is 1. The lowest BCUT2D eigenvalue weighted by molar-refractivity contribution is -0.150. The van der Waals surface area contributed by atoms with Crippen LogP contribution in [0, 0.1) is 12.3 Å². The Bertz CT molecular complexity index is 745. The maximum absolute atomic E-state index is 12.6. The average Bonchev–Trinajstić information content (AvgIpc) is 3.10. The highest BCUT2D eigenvalue weighted by Gasteiger charge is 2.51. The molecule has 23 heavy (non-hydrogen) atoms. The highest BCUT2D eigenvalue weighted by molar-refractivity contribution is 5.92. The van der Waals surface area contributed by atoms with Crippen LogP contribution >= 0.6 is 0 Å². The van der Waals surface area contributed by atoms with Crippen LogP contribution in [-0.2, 0) is 4.79 Å². The Morgan fingerprint density at radius 1 is 1.30 bits per heavy atom. The lowest BCUT2D eigenvalue weighted by Crippen LogP contribution is -2.53. The first-order valence-corrected chi connectivity index (χ1v) is 7.20. The minimum atomic E-state index is -0.403. The summed E-state index contributed by atoms with van der Waals surface area (Å²) >= 11 is 0. The molecule has 2 aromatic rings. The number of carbonyl (C=O) groups is 1. The van der Waals surface area contributed by atoms with Crippen LogP contribution in [0.4, 0.5) is 0 Å². The van der Waals surface area contributed by atoms with Crippen LogP contribution in [0.2, 0.25) is 0 Å².